The van der Waals surface area contributed by atoms with Gasteiger partial charge in [0.05, 0.1) is 24.3 Å². The molecule has 0 spiro atoms. The number of phenolic OH excluding ortho intramolecular Hbond substituents is 1. The summed E-state index contributed by atoms with van der Waals surface area (Å²) in [5.74, 6) is -1.87. The largest absolute Gasteiger partial charge is 0.507 e. The van der Waals surface area contributed by atoms with Crippen LogP contribution >= 0.6 is 0 Å². The number of aliphatic hydroxyl groups excluding tert-OH is 7. The summed E-state index contributed by atoms with van der Waals surface area (Å²) in [4.78, 5) is 26.4. The molecule has 1 aliphatic carbocycles. The first-order valence-electron chi connectivity index (χ1n) is 12.4. The molecule has 3 aliphatic rings. The molecule has 10 atom stereocenters. The molecule has 0 unspecified atom stereocenters. The van der Waals surface area contributed by atoms with Gasteiger partial charge in [-0.2, -0.15) is 0 Å². The number of rotatable bonds is 6. The third kappa shape index (κ3) is 4.67. The highest BCUT2D eigenvalue weighted by Gasteiger charge is 2.51. The van der Waals surface area contributed by atoms with Crippen molar-refractivity contribution < 1.29 is 69.4 Å². The first-order chi connectivity index (χ1) is 19.1. The molecule has 8 N–H and O–H groups in total. The maximum atomic E-state index is 13.3. The number of fused-ring (bicyclic) bond motifs is 2. The number of ketones is 2. The zero-order valence-electron chi connectivity index (χ0n) is 20.7. The summed E-state index contributed by atoms with van der Waals surface area (Å²) in [6.45, 7) is -1.53. The van der Waals surface area contributed by atoms with E-state index in [9.17, 15) is 50.4 Å². The molecule has 14 heteroatoms. The average molecular weight is 564 g/mol. The molecule has 2 aliphatic heterocycles. The van der Waals surface area contributed by atoms with E-state index >= 15 is 0 Å². The molecule has 40 heavy (non-hydrogen) atoms. The highest BCUT2D eigenvalue weighted by Crippen LogP contribution is 2.38. The Labute approximate surface area is 226 Å². The van der Waals surface area contributed by atoms with E-state index < -0.39 is 91.9 Å². The molecule has 14 nitrogen and oxygen atoms in total. The molecule has 2 aromatic carbocycles. The van der Waals surface area contributed by atoms with Gasteiger partial charge in [-0.25, -0.2) is 0 Å². The van der Waals surface area contributed by atoms with E-state index in [0.29, 0.717) is 0 Å². The zero-order chi connectivity index (χ0) is 28.9. The Bertz CT molecular complexity index is 1280. The number of carbonyl (C=O) groups excluding carboxylic acids is 2. The molecule has 216 valence electrons. The van der Waals surface area contributed by atoms with Crippen LogP contribution in [0.15, 0.2) is 36.4 Å². The predicted octanol–water partition coefficient (Wildman–Crippen LogP) is -2.83. The Morgan fingerprint density at radius 3 is 1.95 bits per heavy atom. The topological polar surface area (TPSA) is 233 Å². The summed E-state index contributed by atoms with van der Waals surface area (Å²) in [5, 5.41) is 81.4. The van der Waals surface area contributed by atoms with E-state index in [1.807, 2.05) is 0 Å². The molecule has 5 rings (SSSR count). The van der Waals surface area contributed by atoms with Crippen LogP contribution in [0.1, 0.15) is 31.8 Å². The second-order valence-electron chi connectivity index (χ2n) is 9.66. The van der Waals surface area contributed by atoms with Gasteiger partial charge in [-0.05, 0) is 12.1 Å². The first kappa shape index (κ1) is 28.5. The molecule has 0 amide bonds. The molecule has 0 bridgehead atoms. The summed E-state index contributed by atoms with van der Waals surface area (Å²) in [6.07, 6.45) is -16.6. The Kier molecular flexibility index (Phi) is 7.91. The Morgan fingerprint density at radius 1 is 0.675 bits per heavy atom. The molecule has 0 radical (unpaired) electrons. The summed E-state index contributed by atoms with van der Waals surface area (Å²) < 4.78 is 22.1. The van der Waals surface area contributed by atoms with Crippen LogP contribution in [0.5, 0.6) is 11.5 Å². The van der Waals surface area contributed by atoms with Crippen molar-refractivity contribution in [1.29, 1.82) is 0 Å². The van der Waals surface area contributed by atoms with Crippen molar-refractivity contribution in [3.63, 3.8) is 0 Å². The van der Waals surface area contributed by atoms with Gasteiger partial charge in [0.2, 0.25) is 12.1 Å². The van der Waals surface area contributed by atoms with Crippen LogP contribution in [0.25, 0.3) is 0 Å². The number of aromatic hydroxyl groups is 1. The third-order valence-electron chi connectivity index (χ3n) is 7.22. The van der Waals surface area contributed by atoms with Gasteiger partial charge in [-0.1, -0.05) is 24.3 Å². The van der Waals surface area contributed by atoms with Gasteiger partial charge in [-0.3, -0.25) is 9.59 Å². The van der Waals surface area contributed by atoms with Gasteiger partial charge in [-0.15, -0.1) is 0 Å². The van der Waals surface area contributed by atoms with E-state index in [0.717, 1.165) is 0 Å². The van der Waals surface area contributed by atoms with Crippen LogP contribution in [0.4, 0.5) is 0 Å². The number of hydrogen-bond donors (Lipinski definition) is 8. The summed E-state index contributed by atoms with van der Waals surface area (Å²) >= 11 is 0. The summed E-state index contributed by atoms with van der Waals surface area (Å²) in [6, 6.07) is 8.22. The fourth-order valence-electron chi connectivity index (χ4n) is 5.07. The van der Waals surface area contributed by atoms with Crippen molar-refractivity contribution in [1.82, 2.24) is 0 Å². The van der Waals surface area contributed by atoms with E-state index in [-0.39, 0.29) is 28.0 Å². The number of carbonyl (C=O) groups is 2. The lowest BCUT2D eigenvalue weighted by Gasteiger charge is -2.45. The van der Waals surface area contributed by atoms with Crippen molar-refractivity contribution in [2.24, 2.45) is 0 Å². The maximum Gasteiger partial charge on any atom is 0.229 e. The maximum absolute atomic E-state index is 13.3. The number of benzene rings is 2. The van der Waals surface area contributed by atoms with Gasteiger partial charge < -0.3 is 59.8 Å². The Morgan fingerprint density at radius 2 is 1.27 bits per heavy atom. The highest BCUT2D eigenvalue weighted by atomic mass is 16.7. The molecule has 2 saturated heterocycles. The van der Waals surface area contributed by atoms with Gasteiger partial charge in [0.15, 0.2) is 12.1 Å². The van der Waals surface area contributed by atoms with E-state index in [4.69, 9.17) is 18.9 Å². The SMILES string of the molecule is O=C1c2cccc(O)c2C(=O)c2c(O[C@@H]3O[C@@H](CO)[C@@H](O[C@H]4O[C@@H](CO)[C@@H](O)[C@@H](O)[C@H]4O)[C@@H](O)[C@H]3O)cccc21. The van der Waals surface area contributed by atoms with Crippen molar-refractivity contribution >= 4 is 11.6 Å². The molecule has 2 heterocycles. The van der Waals surface area contributed by atoms with E-state index in [2.05, 4.69) is 0 Å². The molecule has 0 aromatic heterocycles. The van der Waals surface area contributed by atoms with Crippen LogP contribution in [-0.4, -0.2) is 127 Å². The fraction of sp³-hybridized carbons (Fsp3) is 0.462. The third-order valence-corrected chi connectivity index (χ3v) is 7.22. The highest BCUT2D eigenvalue weighted by molar-refractivity contribution is 6.30. The lowest BCUT2D eigenvalue weighted by molar-refractivity contribution is -0.352. The lowest BCUT2D eigenvalue weighted by Crippen LogP contribution is -2.65. The van der Waals surface area contributed by atoms with Gasteiger partial charge in [0.1, 0.15) is 60.3 Å². The average Bonchev–Trinajstić information content (AvgIpc) is 2.95. The van der Waals surface area contributed by atoms with Gasteiger partial charge in [0, 0.05) is 11.1 Å². The summed E-state index contributed by atoms with van der Waals surface area (Å²) in [7, 11) is 0. The normalized spacial score (nSPS) is 35.7. The molecular formula is C26H28O14. The minimum atomic E-state index is -1.87. The molecule has 0 saturated carbocycles. The van der Waals surface area contributed by atoms with E-state index in [1.165, 1.54) is 36.4 Å². The van der Waals surface area contributed by atoms with Crippen molar-refractivity contribution in [3.05, 3.63) is 58.7 Å². The summed E-state index contributed by atoms with van der Waals surface area (Å²) in [5.41, 5.74) is -0.434. The molecule has 2 aromatic rings. The predicted molar refractivity (Wildman–Crippen MR) is 128 cm³/mol. The van der Waals surface area contributed by atoms with Gasteiger partial charge >= 0.3 is 0 Å². The lowest BCUT2D eigenvalue weighted by atomic mass is 9.83. The molecule has 2 fully saturated rings. The number of hydrogen-bond acceptors (Lipinski definition) is 14. The standard InChI is InChI=1S/C26H28O14/c27-7-13-18(31)20(33)22(35)26(38-13)40-24-14(8-28)39-25(23(36)21(24)34)37-12-6-2-4-10-16(12)19(32)15-9(17(10)30)3-1-5-11(15)29/h1-6,13-14,18,20-29,31,33-36H,7-8H2/t13-,14-,18+,20+,21-,22+,23+,24+,25+,26+/m0/s1. The monoisotopic (exact) mass is 564 g/mol. The number of aliphatic hydroxyl groups is 7. The minimum absolute atomic E-state index is 0.00699. The van der Waals surface area contributed by atoms with Crippen LogP contribution in [0.3, 0.4) is 0 Å². The smallest absolute Gasteiger partial charge is 0.229 e. The number of phenols is 1. The zero-order valence-corrected chi connectivity index (χ0v) is 20.7. The van der Waals surface area contributed by atoms with E-state index in [1.54, 1.807) is 0 Å². The van der Waals surface area contributed by atoms with Crippen LogP contribution < -0.4 is 4.74 Å². The van der Waals surface area contributed by atoms with Crippen LogP contribution in [0.2, 0.25) is 0 Å². The quantitative estimate of drug-likeness (QED) is 0.151. The van der Waals surface area contributed by atoms with Crippen LogP contribution in [0, 0.1) is 0 Å². The Hall–Kier alpha value is -3.02. The van der Waals surface area contributed by atoms with Crippen molar-refractivity contribution in [2.75, 3.05) is 13.2 Å². The molecular weight excluding hydrogens is 536 g/mol. The van der Waals surface area contributed by atoms with Gasteiger partial charge in [0.25, 0.3) is 0 Å². The second kappa shape index (κ2) is 11.1. The van der Waals surface area contributed by atoms with Crippen molar-refractivity contribution in [3.8, 4) is 11.5 Å². The first-order valence-corrected chi connectivity index (χ1v) is 12.4. The van der Waals surface area contributed by atoms with Crippen molar-refractivity contribution in [2.45, 2.75) is 61.4 Å². The Balaban J connectivity index is 1.38. The minimum Gasteiger partial charge on any atom is -0.507 e. The van der Waals surface area contributed by atoms with Crippen LogP contribution in [-0.2, 0) is 14.2 Å². The fourth-order valence-corrected chi connectivity index (χ4v) is 5.07. The second-order valence-corrected chi connectivity index (χ2v) is 9.66. The number of ether oxygens (including phenoxy) is 4.